The van der Waals surface area contributed by atoms with Crippen LogP contribution in [0.15, 0.2) is 53.5 Å². The van der Waals surface area contributed by atoms with Gasteiger partial charge in [-0.15, -0.1) is 24.0 Å². The van der Waals surface area contributed by atoms with Gasteiger partial charge in [-0.1, -0.05) is 35.9 Å². The van der Waals surface area contributed by atoms with Crippen LogP contribution in [0.5, 0.6) is 0 Å². The zero-order valence-corrected chi connectivity index (χ0v) is 17.8. The number of hydrogen-bond donors (Lipinski definition) is 2. The quantitative estimate of drug-likeness (QED) is 0.288. The Balaban J connectivity index is 0.00000261. The fourth-order valence-corrected chi connectivity index (χ4v) is 2.99. The van der Waals surface area contributed by atoms with Crippen molar-refractivity contribution in [3.8, 4) is 0 Å². The molecule has 0 fully saturated rings. The second kappa shape index (κ2) is 9.70. The highest BCUT2D eigenvalue weighted by molar-refractivity contribution is 14.0. The molecule has 0 saturated heterocycles. The molecule has 0 atom stereocenters. The van der Waals surface area contributed by atoms with Crippen LogP contribution in [-0.4, -0.2) is 42.8 Å². The Labute approximate surface area is 180 Å². The first-order valence-corrected chi connectivity index (χ1v) is 8.62. The Morgan fingerprint density at radius 2 is 1.70 bits per heavy atom. The molecule has 1 aliphatic rings. The maximum Gasteiger partial charge on any atom is 0.261 e. The van der Waals surface area contributed by atoms with Crippen molar-refractivity contribution in [2.24, 2.45) is 4.99 Å². The van der Waals surface area contributed by atoms with Crippen LogP contribution in [0.25, 0.3) is 0 Å². The second-order valence-electron chi connectivity index (χ2n) is 5.79. The van der Waals surface area contributed by atoms with E-state index in [2.05, 4.69) is 15.6 Å². The lowest BCUT2D eigenvalue weighted by atomic mass is 10.1. The van der Waals surface area contributed by atoms with Gasteiger partial charge in [-0.3, -0.25) is 19.5 Å². The van der Waals surface area contributed by atoms with E-state index in [9.17, 15) is 9.59 Å². The van der Waals surface area contributed by atoms with Crippen molar-refractivity contribution in [1.82, 2.24) is 15.5 Å². The molecule has 8 heteroatoms. The van der Waals surface area contributed by atoms with E-state index in [0.717, 1.165) is 5.56 Å². The minimum atomic E-state index is -0.255. The Bertz CT molecular complexity index is 837. The van der Waals surface area contributed by atoms with Crippen molar-refractivity contribution >= 4 is 53.4 Å². The molecule has 142 valence electrons. The molecule has 2 N–H and O–H groups in total. The molecule has 3 rings (SSSR count). The van der Waals surface area contributed by atoms with Crippen molar-refractivity contribution in [3.63, 3.8) is 0 Å². The number of rotatable bonds is 5. The fraction of sp³-hybridized carbons (Fsp3) is 0.211. The molecule has 2 aromatic rings. The smallest absolute Gasteiger partial charge is 0.261 e. The number of imide groups is 1. The van der Waals surface area contributed by atoms with Gasteiger partial charge in [0.15, 0.2) is 5.96 Å². The van der Waals surface area contributed by atoms with E-state index in [0.29, 0.717) is 35.2 Å². The van der Waals surface area contributed by atoms with E-state index in [-0.39, 0.29) is 42.3 Å². The van der Waals surface area contributed by atoms with Gasteiger partial charge in [0.25, 0.3) is 11.8 Å². The van der Waals surface area contributed by atoms with Gasteiger partial charge in [-0.05, 0) is 29.8 Å². The van der Waals surface area contributed by atoms with Gasteiger partial charge < -0.3 is 10.6 Å². The third-order valence-corrected chi connectivity index (χ3v) is 4.31. The monoisotopic (exact) mass is 498 g/mol. The number of carbonyl (C=O) groups excluding carboxylic acids is 2. The minimum Gasteiger partial charge on any atom is -0.355 e. The van der Waals surface area contributed by atoms with Gasteiger partial charge in [0.1, 0.15) is 0 Å². The molecule has 0 unspecified atom stereocenters. The molecule has 1 heterocycles. The summed E-state index contributed by atoms with van der Waals surface area (Å²) in [5, 5.41) is 6.96. The van der Waals surface area contributed by atoms with Gasteiger partial charge >= 0.3 is 0 Å². The Kier molecular flexibility index (Phi) is 7.61. The van der Waals surface area contributed by atoms with Gasteiger partial charge in [0.05, 0.1) is 11.1 Å². The van der Waals surface area contributed by atoms with Gasteiger partial charge in [0.2, 0.25) is 0 Å². The average Bonchev–Trinajstić information content (AvgIpc) is 2.89. The standard InChI is InChI=1S/C19H19ClN4O2.HI/c1-21-19(23-12-13-5-4-6-14(20)11-13)22-9-10-24-17(25)15-7-2-3-8-16(15)18(24)26;/h2-8,11H,9-10,12H2,1H3,(H2,21,22,23);1H. The van der Waals surface area contributed by atoms with Crippen LogP contribution < -0.4 is 10.6 Å². The minimum absolute atomic E-state index is 0. The molecular weight excluding hydrogens is 479 g/mol. The summed E-state index contributed by atoms with van der Waals surface area (Å²) in [4.78, 5) is 30.0. The van der Waals surface area contributed by atoms with Crippen LogP contribution in [0.1, 0.15) is 26.3 Å². The highest BCUT2D eigenvalue weighted by Crippen LogP contribution is 2.21. The molecule has 2 amide bonds. The second-order valence-corrected chi connectivity index (χ2v) is 6.23. The lowest BCUT2D eigenvalue weighted by molar-refractivity contribution is 0.0657. The highest BCUT2D eigenvalue weighted by Gasteiger charge is 2.34. The van der Waals surface area contributed by atoms with E-state index in [1.807, 2.05) is 24.3 Å². The zero-order chi connectivity index (χ0) is 18.5. The van der Waals surface area contributed by atoms with Gasteiger partial charge in [-0.2, -0.15) is 0 Å². The van der Waals surface area contributed by atoms with E-state index >= 15 is 0 Å². The van der Waals surface area contributed by atoms with Crippen molar-refractivity contribution in [2.45, 2.75) is 6.54 Å². The maximum absolute atomic E-state index is 12.3. The molecule has 0 radical (unpaired) electrons. The molecule has 0 saturated carbocycles. The Morgan fingerprint density at radius 3 is 2.30 bits per heavy atom. The number of guanidine groups is 1. The van der Waals surface area contributed by atoms with Crippen LogP contribution >= 0.6 is 35.6 Å². The Hall–Kier alpha value is -2.13. The predicted octanol–water partition coefficient (Wildman–Crippen LogP) is 2.92. The number of fused-ring (bicyclic) bond motifs is 1. The average molecular weight is 499 g/mol. The third kappa shape index (κ3) is 4.98. The van der Waals surface area contributed by atoms with Crippen LogP contribution in [0, 0.1) is 0 Å². The number of nitrogens with one attached hydrogen (secondary N) is 2. The fourth-order valence-electron chi connectivity index (χ4n) is 2.78. The Morgan fingerprint density at radius 1 is 1.04 bits per heavy atom. The first-order chi connectivity index (χ1) is 12.6. The van der Waals surface area contributed by atoms with Crippen molar-refractivity contribution in [1.29, 1.82) is 0 Å². The molecule has 27 heavy (non-hydrogen) atoms. The number of aliphatic imine (C=N–C) groups is 1. The summed E-state index contributed by atoms with van der Waals surface area (Å²) in [6.45, 7) is 1.23. The van der Waals surface area contributed by atoms with Gasteiger partial charge in [0, 0.05) is 31.7 Å². The highest BCUT2D eigenvalue weighted by atomic mass is 127. The van der Waals surface area contributed by atoms with E-state index in [1.165, 1.54) is 4.90 Å². The summed E-state index contributed by atoms with van der Waals surface area (Å²) in [5.41, 5.74) is 1.95. The van der Waals surface area contributed by atoms with Crippen molar-refractivity contribution in [2.75, 3.05) is 20.1 Å². The first kappa shape index (κ1) is 21.2. The zero-order valence-electron chi connectivity index (χ0n) is 14.7. The molecule has 0 aromatic heterocycles. The summed E-state index contributed by atoms with van der Waals surface area (Å²) >= 11 is 5.97. The largest absolute Gasteiger partial charge is 0.355 e. The number of amides is 2. The maximum atomic E-state index is 12.3. The van der Waals surface area contributed by atoms with E-state index in [1.54, 1.807) is 31.3 Å². The van der Waals surface area contributed by atoms with Crippen LogP contribution in [0.4, 0.5) is 0 Å². The molecule has 6 nitrogen and oxygen atoms in total. The number of carbonyl (C=O) groups is 2. The van der Waals surface area contributed by atoms with E-state index in [4.69, 9.17) is 11.6 Å². The SMILES string of the molecule is CN=C(NCCN1C(=O)c2ccccc2C1=O)NCc1cccc(Cl)c1.I. The molecule has 0 bridgehead atoms. The predicted molar refractivity (Wildman–Crippen MR) is 117 cm³/mol. The van der Waals surface area contributed by atoms with Crippen LogP contribution in [0.3, 0.4) is 0 Å². The molecule has 0 spiro atoms. The number of halogens is 2. The van der Waals surface area contributed by atoms with Gasteiger partial charge in [-0.25, -0.2) is 0 Å². The van der Waals surface area contributed by atoms with Crippen molar-refractivity contribution in [3.05, 3.63) is 70.2 Å². The number of hydrogen-bond acceptors (Lipinski definition) is 3. The molecule has 1 aliphatic heterocycles. The lowest BCUT2D eigenvalue weighted by Crippen LogP contribution is -2.42. The lowest BCUT2D eigenvalue weighted by Gasteiger charge is -2.16. The first-order valence-electron chi connectivity index (χ1n) is 8.24. The van der Waals surface area contributed by atoms with E-state index < -0.39 is 0 Å². The van der Waals surface area contributed by atoms with Crippen LogP contribution in [-0.2, 0) is 6.54 Å². The molecule has 2 aromatic carbocycles. The summed E-state index contributed by atoms with van der Waals surface area (Å²) < 4.78 is 0. The summed E-state index contributed by atoms with van der Waals surface area (Å²) in [7, 11) is 1.66. The number of benzene rings is 2. The summed E-state index contributed by atoms with van der Waals surface area (Å²) in [6, 6.07) is 14.4. The molecular formula is C19H20ClIN4O2. The van der Waals surface area contributed by atoms with Crippen molar-refractivity contribution < 1.29 is 9.59 Å². The molecule has 0 aliphatic carbocycles. The number of nitrogens with zero attached hydrogens (tertiary/aromatic N) is 2. The topological polar surface area (TPSA) is 73.8 Å². The summed E-state index contributed by atoms with van der Waals surface area (Å²) in [6.07, 6.45) is 0. The third-order valence-electron chi connectivity index (χ3n) is 4.08. The van der Waals surface area contributed by atoms with Crippen LogP contribution in [0.2, 0.25) is 5.02 Å². The summed E-state index contributed by atoms with van der Waals surface area (Å²) in [5.74, 6) is 0.0742. The normalized spacial score (nSPS) is 13.3.